The highest BCUT2D eigenvalue weighted by Gasteiger charge is 2.55. The fourth-order valence-electron chi connectivity index (χ4n) is 6.06. The van der Waals surface area contributed by atoms with Crippen molar-refractivity contribution < 1.29 is 9.53 Å². The van der Waals surface area contributed by atoms with Gasteiger partial charge in [0.15, 0.2) is 0 Å². The van der Waals surface area contributed by atoms with Crippen molar-refractivity contribution in [2.75, 3.05) is 59.0 Å². The van der Waals surface area contributed by atoms with Gasteiger partial charge in [-0.25, -0.2) is 0 Å². The van der Waals surface area contributed by atoms with E-state index in [1.165, 1.54) is 18.7 Å². The molecule has 29 heavy (non-hydrogen) atoms. The Labute approximate surface area is 174 Å². The van der Waals surface area contributed by atoms with Crippen molar-refractivity contribution in [2.24, 2.45) is 0 Å². The number of piperidine rings is 1. The van der Waals surface area contributed by atoms with Crippen LogP contribution in [0.1, 0.15) is 25.3 Å². The fraction of sp³-hybridized carbons (Fsp3) is 0.696. The van der Waals surface area contributed by atoms with Crippen LogP contribution in [-0.4, -0.2) is 102 Å². The Morgan fingerprint density at radius 3 is 2.55 bits per heavy atom. The van der Waals surface area contributed by atoms with Gasteiger partial charge in [-0.3, -0.25) is 19.5 Å². The zero-order valence-corrected chi connectivity index (χ0v) is 17.6. The van der Waals surface area contributed by atoms with E-state index in [1.54, 1.807) is 6.92 Å². The average Bonchev–Trinajstić information content (AvgIpc) is 2.72. The third kappa shape index (κ3) is 3.83. The van der Waals surface area contributed by atoms with Gasteiger partial charge in [0.1, 0.15) is 0 Å². The number of rotatable bonds is 3. The summed E-state index contributed by atoms with van der Waals surface area (Å²) >= 11 is 0. The number of piperazine rings is 1. The van der Waals surface area contributed by atoms with Gasteiger partial charge >= 0.3 is 0 Å². The second-order valence-corrected chi connectivity index (χ2v) is 9.44. The van der Waals surface area contributed by atoms with Crippen molar-refractivity contribution in [3.8, 4) is 0 Å². The van der Waals surface area contributed by atoms with Crippen LogP contribution in [0.15, 0.2) is 30.3 Å². The third-order valence-electron chi connectivity index (χ3n) is 7.49. The average molecular weight is 399 g/mol. The monoisotopic (exact) mass is 398 g/mol. The Kier molecular flexibility index (Phi) is 5.37. The predicted molar refractivity (Wildman–Crippen MR) is 113 cm³/mol. The Morgan fingerprint density at radius 2 is 1.83 bits per heavy atom. The number of likely N-dealkylation sites (tertiary alicyclic amines) is 2. The van der Waals surface area contributed by atoms with Crippen LogP contribution in [0.2, 0.25) is 0 Å². The molecule has 0 radical (unpaired) electrons. The largest absolute Gasteiger partial charge is 0.378 e. The molecule has 1 spiro atoms. The molecule has 4 fully saturated rings. The Morgan fingerprint density at radius 1 is 1.07 bits per heavy atom. The number of amides is 1. The quantitative estimate of drug-likeness (QED) is 0.767. The molecular formula is C23H34N4O2. The maximum Gasteiger partial charge on any atom is 0.219 e. The summed E-state index contributed by atoms with van der Waals surface area (Å²) in [6.45, 7) is 12.0. The van der Waals surface area contributed by atoms with Gasteiger partial charge in [-0.2, -0.15) is 0 Å². The molecule has 1 atom stereocenters. The number of hydrogen-bond acceptors (Lipinski definition) is 5. The Balaban J connectivity index is 1.25. The lowest BCUT2D eigenvalue weighted by Gasteiger charge is -2.65. The van der Waals surface area contributed by atoms with E-state index < -0.39 is 0 Å². The second kappa shape index (κ2) is 7.99. The molecule has 0 aliphatic carbocycles. The van der Waals surface area contributed by atoms with Crippen LogP contribution in [0.25, 0.3) is 0 Å². The van der Waals surface area contributed by atoms with Gasteiger partial charge in [0.05, 0.1) is 18.8 Å². The molecule has 6 nitrogen and oxygen atoms in total. The Bertz CT molecular complexity index is 713. The highest BCUT2D eigenvalue weighted by atomic mass is 16.5. The summed E-state index contributed by atoms with van der Waals surface area (Å²) in [7, 11) is 0. The lowest BCUT2D eigenvalue weighted by Crippen LogP contribution is -2.81. The summed E-state index contributed by atoms with van der Waals surface area (Å²) < 4.78 is 5.86. The Hall–Kier alpha value is -1.47. The van der Waals surface area contributed by atoms with E-state index in [9.17, 15) is 4.79 Å². The molecule has 4 saturated heterocycles. The zero-order chi connectivity index (χ0) is 19.8. The molecule has 4 heterocycles. The van der Waals surface area contributed by atoms with Crippen LogP contribution < -0.4 is 0 Å². The SMILES string of the molecule is CC(=O)N1CCC(N2CC3(CN(Cc4ccccc4)CC4COCCN43)C2)CC1. The van der Waals surface area contributed by atoms with Gasteiger partial charge in [0.25, 0.3) is 0 Å². The molecule has 1 aromatic carbocycles. The van der Waals surface area contributed by atoms with Gasteiger partial charge in [0.2, 0.25) is 5.91 Å². The number of hydrogen-bond donors (Lipinski definition) is 0. The normalized spacial score (nSPS) is 28.9. The first-order valence-corrected chi connectivity index (χ1v) is 11.2. The van der Waals surface area contributed by atoms with Crippen LogP contribution in [0.4, 0.5) is 0 Å². The van der Waals surface area contributed by atoms with Crippen molar-refractivity contribution in [2.45, 2.75) is 43.9 Å². The van der Waals surface area contributed by atoms with E-state index in [-0.39, 0.29) is 11.4 Å². The van der Waals surface area contributed by atoms with E-state index in [1.807, 2.05) is 4.90 Å². The molecule has 4 aliphatic heterocycles. The van der Waals surface area contributed by atoms with Crippen LogP contribution >= 0.6 is 0 Å². The maximum atomic E-state index is 11.6. The smallest absolute Gasteiger partial charge is 0.219 e. The molecule has 0 saturated carbocycles. The molecule has 6 heteroatoms. The number of morpholine rings is 1. The fourth-order valence-corrected chi connectivity index (χ4v) is 6.06. The maximum absolute atomic E-state index is 11.6. The van der Waals surface area contributed by atoms with Crippen molar-refractivity contribution in [1.82, 2.24) is 19.6 Å². The first kappa shape index (κ1) is 19.5. The summed E-state index contributed by atoms with van der Waals surface area (Å²) in [5, 5.41) is 0. The molecule has 158 valence electrons. The number of carbonyl (C=O) groups excluding carboxylic acids is 1. The van der Waals surface area contributed by atoms with Crippen molar-refractivity contribution in [3.63, 3.8) is 0 Å². The van der Waals surface area contributed by atoms with Crippen LogP contribution in [-0.2, 0) is 16.1 Å². The minimum atomic E-state index is 0.225. The number of nitrogens with zero attached hydrogens (tertiary/aromatic N) is 4. The second-order valence-electron chi connectivity index (χ2n) is 9.44. The highest BCUT2D eigenvalue weighted by Crippen LogP contribution is 2.38. The summed E-state index contributed by atoms with van der Waals surface area (Å²) in [5.74, 6) is 0.225. The number of benzene rings is 1. The lowest BCUT2D eigenvalue weighted by atomic mass is 9.80. The molecule has 1 unspecified atom stereocenters. The van der Waals surface area contributed by atoms with Gasteiger partial charge in [-0.05, 0) is 18.4 Å². The zero-order valence-electron chi connectivity index (χ0n) is 17.6. The van der Waals surface area contributed by atoms with Gasteiger partial charge < -0.3 is 9.64 Å². The molecule has 0 N–H and O–H groups in total. The van der Waals surface area contributed by atoms with E-state index in [2.05, 4.69) is 45.0 Å². The number of carbonyl (C=O) groups is 1. The van der Waals surface area contributed by atoms with E-state index in [0.717, 1.165) is 65.3 Å². The number of ether oxygens (including phenoxy) is 1. The van der Waals surface area contributed by atoms with E-state index >= 15 is 0 Å². The van der Waals surface area contributed by atoms with E-state index in [4.69, 9.17) is 4.74 Å². The minimum absolute atomic E-state index is 0.225. The molecule has 1 amide bonds. The third-order valence-corrected chi connectivity index (χ3v) is 7.49. The highest BCUT2D eigenvalue weighted by molar-refractivity contribution is 5.73. The standard InChI is InChI=1S/C23H34N4O2/c1-19(28)25-9-7-21(8-10-25)26-17-23(18-26)16-24(13-20-5-3-2-4-6-20)14-22-15-29-12-11-27(22)23/h2-6,21-22H,7-18H2,1H3. The molecule has 0 aromatic heterocycles. The molecular weight excluding hydrogens is 364 g/mol. The van der Waals surface area contributed by atoms with Crippen molar-refractivity contribution in [1.29, 1.82) is 0 Å². The summed E-state index contributed by atoms with van der Waals surface area (Å²) in [6.07, 6.45) is 2.24. The first-order valence-electron chi connectivity index (χ1n) is 11.2. The summed E-state index contributed by atoms with van der Waals surface area (Å²) in [6, 6.07) is 12.0. The van der Waals surface area contributed by atoms with Gasteiger partial charge in [0, 0.05) is 71.4 Å². The first-order chi connectivity index (χ1) is 14.1. The molecule has 1 aromatic rings. The van der Waals surface area contributed by atoms with Crippen LogP contribution in [0, 0.1) is 0 Å². The molecule has 0 bridgehead atoms. The van der Waals surface area contributed by atoms with Gasteiger partial charge in [-0.1, -0.05) is 30.3 Å². The number of fused-ring (bicyclic) bond motifs is 2. The summed E-state index contributed by atoms with van der Waals surface area (Å²) in [4.78, 5) is 21.8. The van der Waals surface area contributed by atoms with Crippen LogP contribution in [0.5, 0.6) is 0 Å². The van der Waals surface area contributed by atoms with Crippen molar-refractivity contribution >= 4 is 5.91 Å². The lowest BCUT2D eigenvalue weighted by molar-refractivity contribution is -0.177. The topological polar surface area (TPSA) is 39.3 Å². The summed E-state index contributed by atoms with van der Waals surface area (Å²) in [5.41, 5.74) is 1.68. The predicted octanol–water partition coefficient (Wildman–Crippen LogP) is 1.27. The molecule has 4 aliphatic rings. The van der Waals surface area contributed by atoms with Crippen LogP contribution in [0.3, 0.4) is 0 Å². The van der Waals surface area contributed by atoms with Crippen molar-refractivity contribution in [3.05, 3.63) is 35.9 Å². The minimum Gasteiger partial charge on any atom is -0.378 e. The molecule has 5 rings (SSSR count). The van der Waals surface area contributed by atoms with Gasteiger partial charge in [-0.15, -0.1) is 0 Å². The van der Waals surface area contributed by atoms with E-state index in [0.29, 0.717) is 12.1 Å².